The lowest BCUT2D eigenvalue weighted by Crippen LogP contribution is -1.92. The molecule has 0 amide bonds. The topological polar surface area (TPSA) is 51.8 Å². The molecule has 5 heteroatoms. The first-order valence-electron chi connectivity index (χ1n) is 5.19. The summed E-state index contributed by atoms with van der Waals surface area (Å²) in [5.74, 6) is 1.01. The van der Waals surface area contributed by atoms with Crippen LogP contribution in [0.4, 0.5) is 0 Å². The van der Waals surface area contributed by atoms with Crippen molar-refractivity contribution in [2.75, 3.05) is 0 Å². The molecule has 1 unspecified atom stereocenters. The summed E-state index contributed by atoms with van der Waals surface area (Å²) in [5.41, 5.74) is 0.807. The summed E-state index contributed by atoms with van der Waals surface area (Å²) in [6.45, 7) is 2.07. The molecule has 0 radical (unpaired) electrons. The molecule has 2 heterocycles. The van der Waals surface area contributed by atoms with E-state index >= 15 is 0 Å². The predicted molar refractivity (Wildman–Crippen MR) is 61.0 cm³/mol. The quantitative estimate of drug-likeness (QED) is 0.767. The maximum Gasteiger partial charge on any atom is 0.259 e. The molecule has 2 rings (SSSR count). The monoisotopic (exact) mass is 237 g/mol. The van der Waals surface area contributed by atoms with Gasteiger partial charge in [-0.3, -0.25) is 4.98 Å². The zero-order valence-corrected chi connectivity index (χ0v) is 9.68. The van der Waals surface area contributed by atoms with Gasteiger partial charge < -0.3 is 4.52 Å². The number of nitrogens with zero attached hydrogens (tertiary/aromatic N) is 3. The Balaban J connectivity index is 2.20. The molecule has 4 nitrogen and oxygen atoms in total. The number of hydrogen-bond donors (Lipinski definition) is 0. The second-order valence-corrected chi connectivity index (χ2v) is 3.98. The van der Waals surface area contributed by atoms with Gasteiger partial charge in [0.15, 0.2) is 5.82 Å². The smallest absolute Gasteiger partial charge is 0.259 e. The van der Waals surface area contributed by atoms with Gasteiger partial charge in [-0.05, 0) is 18.6 Å². The van der Waals surface area contributed by atoms with Crippen molar-refractivity contribution in [3.05, 3.63) is 30.4 Å². The second kappa shape index (κ2) is 5.07. The van der Waals surface area contributed by atoms with Crippen molar-refractivity contribution in [2.24, 2.45) is 0 Å². The number of rotatable bonds is 4. The zero-order chi connectivity index (χ0) is 11.4. The molecule has 0 saturated heterocycles. The first-order valence-corrected chi connectivity index (χ1v) is 5.63. The number of alkyl halides is 1. The summed E-state index contributed by atoms with van der Waals surface area (Å²) in [6.07, 6.45) is 5.21. The number of pyridine rings is 1. The summed E-state index contributed by atoms with van der Waals surface area (Å²) in [7, 11) is 0. The van der Waals surface area contributed by atoms with E-state index in [1.54, 1.807) is 12.4 Å². The Kier molecular flexibility index (Phi) is 3.51. The molecule has 0 N–H and O–H groups in total. The lowest BCUT2D eigenvalue weighted by atomic mass is 10.2. The highest BCUT2D eigenvalue weighted by molar-refractivity contribution is 6.20. The van der Waals surface area contributed by atoms with E-state index in [-0.39, 0.29) is 5.38 Å². The highest BCUT2D eigenvalue weighted by atomic mass is 35.5. The Labute approximate surface area is 98.7 Å². The lowest BCUT2D eigenvalue weighted by Gasteiger charge is -1.99. The van der Waals surface area contributed by atoms with E-state index in [0.29, 0.717) is 11.7 Å². The van der Waals surface area contributed by atoms with Crippen LogP contribution in [0.25, 0.3) is 11.5 Å². The van der Waals surface area contributed by atoms with Crippen molar-refractivity contribution in [1.29, 1.82) is 0 Å². The third-order valence-electron chi connectivity index (χ3n) is 2.17. The van der Waals surface area contributed by atoms with Crippen molar-refractivity contribution in [1.82, 2.24) is 15.1 Å². The Morgan fingerprint density at radius 2 is 2.38 bits per heavy atom. The minimum absolute atomic E-state index is 0.181. The number of aromatic nitrogens is 3. The fraction of sp³-hybridized carbons (Fsp3) is 0.364. The molecule has 0 aliphatic rings. The Hall–Kier alpha value is -1.42. The van der Waals surface area contributed by atoms with Gasteiger partial charge >= 0.3 is 0 Å². The van der Waals surface area contributed by atoms with Crippen LogP contribution in [0, 0.1) is 0 Å². The van der Waals surface area contributed by atoms with E-state index in [2.05, 4.69) is 22.0 Å². The Morgan fingerprint density at radius 1 is 1.50 bits per heavy atom. The average Bonchev–Trinajstić information content (AvgIpc) is 2.80. The molecule has 0 saturated carbocycles. The van der Waals surface area contributed by atoms with Crippen molar-refractivity contribution >= 4 is 11.6 Å². The van der Waals surface area contributed by atoms with Crippen LogP contribution in [0.3, 0.4) is 0 Å². The maximum atomic E-state index is 6.11. The molecule has 0 fully saturated rings. The van der Waals surface area contributed by atoms with Crippen LogP contribution in [-0.4, -0.2) is 15.1 Å². The molecule has 16 heavy (non-hydrogen) atoms. The molecule has 84 valence electrons. The van der Waals surface area contributed by atoms with Crippen molar-refractivity contribution in [2.45, 2.75) is 25.1 Å². The van der Waals surface area contributed by atoms with Gasteiger partial charge in [0.25, 0.3) is 5.89 Å². The van der Waals surface area contributed by atoms with Crippen LogP contribution < -0.4 is 0 Å². The molecule has 0 aromatic carbocycles. The van der Waals surface area contributed by atoms with Crippen molar-refractivity contribution < 1.29 is 4.52 Å². The highest BCUT2D eigenvalue weighted by Crippen LogP contribution is 2.25. The molecule has 0 aliphatic heterocycles. The molecule has 1 atom stereocenters. The molecular formula is C11H12ClN3O. The molecule has 0 aliphatic carbocycles. The van der Waals surface area contributed by atoms with Crippen LogP contribution in [0.2, 0.25) is 0 Å². The Bertz CT molecular complexity index is 444. The average molecular weight is 238 g/mol. The zero-order valence-electron chi connectivity index (χ0n) is 8.93. The van der Waals surface area contributed by atoms with Gasteiger partial charge in [0, 0.05) is 12.4 Å². The molecular weight excluding hydrogens is 226 g/mol. The molecule has 0 bridgehead atoms. The third-order valence-corrected chi connectivity index (χ3v) is 2.59. The van der Waals surface area contributed by atoms with Crippen LogP contribution in [0.5, 0.6) is 0 Å². The minimum atomic E-state index is -0.181. The summed E-state index contributed by atoms with van der Waals surface area (Å²) in [4.78, 5) is 8.24. The normalized spacial score (nSPS) is 12.6. The highest BCUT2D eigenvalue weighted by Gasteiger charge is 2.15. The largest absolute Gasteiger partial charge is 0.334 e. The van der Waals surface area contributed by atoms with Crippen molar-refractivity contribution in [3.8, 4) is 11.5 Å². The van der Waals surface area contributed by atoms with Gasteiger partial charge in [-0.15, -0.1) is 11.6 Å². The van der Waals surface area contributed by atoms with Crippen LogP contribution >= 0.6 is 11.6 Å². The number of halogens is 1. The van der Waals surface area contributed by atoms with Crippen LogP contribution in [0.15, 0.2) is 29.0 Å². The van der Waals surface area contributed by atoms with E-state index < -0.39 is 0 Å². The van der Waals surface area contributed by atoms with E-state index in [4.69, 9.17) is 16.1 Å². The lowest BCUT2D eigenvalue weighted by molar-refractivity contribution is 0.420. The van der Waals surface area contributed by atoms with E-state index in [0.717, 1.165) is 18.4 Å². The predicted octanol–water partition coefficient (Wildman–Crippen LogP) is 3.21. The molecule has 0 spiro atoms. The fourth-order valence-corrected chi connectivity index (χ4v) is 1.66. The summed E-state index contributed by atoms with van der Waals surface area (Å²) >= 11 is 6.11. The van der Waals surface area contributed by atoms with Crippen LogP contribution in [0.1, 0.15) is 31.0 Å². The van der Waals surface area contributed by atoms with Gasteiger partial charge in [0.05, 0.1) is 10.9 Å². The van der Waals surface area contributed by atoms with E-state index in [1.807, 2.05) is 12.1 Å². The van der Waals surface area contributed by atoms with Gasteiger partial charge in [-0.1, -0.05) is 18.5 Å². The first-order chi connectivity index (χ1) is 7.81. The number of hydrogen-bond acceptors (Lipinski definition) is 4. The summed E-state index contributed by atoms with van der Waals surface area (Å²) in [6, 6.07) is 3.69. The second-order valence-electron chi connectivity index (χ2n) is 3.46. The van der Waals surface area contributed by atoms with E-state index in [1.165, 1.54) is 0 Å². The fourth-order valence-electron chi connectivity index (χ4n) is 1.35. The van der Waals surface area contributed by atoms with Gasteiger partial charge in [-0.25, -0.2) is 0 Å². The van der Waals surface area contributed by atoms with Gasteiger partial charge in [0.1, 0.15) is 0 Å². The Morgan fingerprint density at radius 3 is 3.06 bits per heavy atom. The third kappa shape index (κ3) is 2.39. The minimum Gasteiger partial charge on any atom is -0.334 e. The SMILES string of the molecule is CCCC(Cl)c1noc(-c2cccnc2)n1. The summed E-state index contributed by atoms with van der Waals surface area (Å²) in [5, 5.41) is 3.68. The van der Waals surface area contributed by atoms with Gasteiger partial charge in [0.2, 0.25) is 0 Å². The first kappa shape index (κ1) is 11.1. The summed E-state index contributed by atoms with van der Waals surface area (Å²) < 4.78 is 5.13. The van der Waals surface area contributed by atoms with Crippen molar-refractivity contribution in [3.63, 3.8) is 0 Å². The molecule has 2 aromatic rings. The van der Waals surface area contributed by atoms with E-state index in [9.17, 15) is 0 Å². The molecule has 2 aromatic heterocycles. The van der Waals surface area contributed by atoms with Crippen LogP contribution in [-0.2, 0) is 0 Å². The van der Waals surface area contributed by atoms with Gasteiger partial charge in [-0.2, -0.15) is 4.98 Å². The standard InChI is InChI=1S/C11H12ClN3O/c1-2-4-9(12)10-14-11(16-15-10)8-5-3-6-13-7-8/h3,5-7,9H,2,4H2,1H3. The maximum absolute atomic E-state index is 6.11.